The number of hydrogen-bond donors (Lipinski definition) is 2. The molecule has 2 N–H and O–H groups in total. The Bertz CT molecular complexity index is 915. The van der Waals surface area contributed by atoms with Crippen molar-refractivity contribution < 1.29 is 15.0 Å². The van der Waals surface area contributed by atoms with Gasteiger partial charge in [-0.25, -0.2) is 4.79 Å². The Labute approximate surface area is 171 Å². The van der Waals surface area contributed by atoms with Crippen molar-refractivity contribution in [3.05, 3.63) is 75.3 Å². The molecule has 0 atom stereocenters. The van der Waals surface area contributed by atoms with Gasteiger partial charge in [-0.05, 0) is 72.6 Å². The molecule has 2 aromatic rings. The van der Waals surface area contributed by atoms with Gasteiger partial charge in [0.15, 0.2) is 0 Å². The number of hydrogen-bond acceptors (Lipinski definition) is 2. The average molecular weight is 397 g/mol. The van der Waals surface area contributed by atoms with E-state index in [0.717, 1.165) is 29.5 Å². The molecule has 0 aliphatic heterocycles. The van der Waals surface area contributed by atoms with Crippen LogP contribution in [0.1, 0.15) is 62.1 Å². The molecule has 0 spiro atoms. The Morgan fingerprint density at radius 3 is 2.25 bits per heavy atom. The van der Waals surface area contributed by atoms with E-state index in [-0.39, 0.29) is 5.75 Å². The second kappa shape index (κ2) is 9.11. The maximum Gasteiger partial charge on any atom is 0.331 e. The van der Waals surface area contributed by atoms with E-state index in [0.29, 0.717) is 17.0 Å². The standard InChI is InChI=1S/C24H25ClO3/c1-2-17(24(27)28)14-16-8-10-19(11-9-16)23(18-6-4-3-5-7-18)20-12-13-22(26)21(25)15-20/h8-15,26H,2-7H2,1H3,(H,27,28). The van der Waals surface area contributed by atoms with Crippen LogP contribution in [0.3, 0.4) is 0 Å². The highest BCUT2D eigenvalue weighted by Gasteiger charge is 2.16. The molecule has 0 aromatic heterocycles. The Kier molecular flexibility index (Phi) is 6.58. The number of carbonyl (C=O) groups is 1. The summed E-state index contributed by atoms with van der Waals surface area (Å²) in [6.07, 6.45) is 7.96. The predicted molar refractivity (Wildman–Crippen MR) is 115 cm³/mol. The summed E-state index contributed by atoms with van der Waals surface area (Å²) in [5.74, 6) is -0.796. The van der Waals surface area contributed by atoms with Crippen molar-refractivity contribution in [3.63, 3.8) is 0 Å². The summed E-state index contributed by atoms with van der Waals surface area (Å²) in [6, 6.07) is 13.4. The number of phenols is 1. The van der Waals surface area contributed by atoms with Gasteiger partial charge in [-0.1, -0.05) is 60.9 Å². The van der Waals surface area contributed by atoms with Crippen LogP contribution in [0.4, 0.5) is 0 Å². The third kappa shape index (κ3) is 4.66. The van der Waals surface area contributed by atoms with Crippen LogP contribution in [0.5, 0.6) is 5.75 Å². The van der Waals surface area contributed by atoms with Crippen LogP contribution in [0.2, 0.25) is 5.02 Å². The van der Waals surface area contributed by atoms with E-state index in [1.807, 2.05) is 43.3 Å². The largest absolute Gasteiger partial charge is 0.506 e. The molecule has 0 amide bonds. The Morgan fingerprint density at radius 1 is 1.04 bits per heavy atom. The summed E-state index contributed by atoms with van der Waals surface area (Å²) in [4.78, 5) is 11.3. The van der Waals surface area contributed by atoms with E-state index < -0.39 is 5.97 Å². The summed E-state index contributed by atoms with van der Waals surface area (Å²) in [7, 11) is 0. The summed E-state index contributed by atoms with van der Waals surface area (Å²) in [6.45, 7) is 1.84. The smallest absolute Gasteiger partial charge is 0.331 e. The minimum absolute atomic E-state index is 0.0830. The zero-order valence-corrected chi connectivity index (χ0v) is 16.8. The highest BCUT2D eigenvalue weighted by molar-refractivity contribution is 6.32. The van der Waals surface area contributed by atoms with Crippen LogP contribution in [0, 0.1) is 0 Å². The van der Waals surface area contributed by atoms with Gasteiger partial charge in [0, 0.05) is 5.57 Å². The minimum Gasteiger partial charge on any atom is -0.506 e. The summed E-state index contributed by atoms with van der Waals surface area (Å²) >= 11 is 6.18. The number of aromatic hydroxyl groups is 1. The van der Waals surface area contributed by atoms with E-state index in [4.69, 9.17) is 11.6 Å². The molecule has 0 unspecified atom stereocenters. The van der Waals surface area contributed by atoms with E-state index in [1.54, 1.807) is 12.1 Å². The molecular formula is C24H25ClO3. The fraction of sp³-hybridized carbons (Fsp3) is 0.292. The molecular weight excluding hydrogens is 372 g/mol. The van der Waals surface area contributed by atoms with Gasteiger partial charge in [-0.3, -0.25) is 0 Å². The Hall–Kier alpha value is -2.52. The molecule has 1 aliphatic rings. The number of carboxylic acid groups (broad SMARTS) is 1. The molecule has 3 nitrogen and oxygen atoms in total. The van der Waals surface area contributed by atoms with Crippen LogP contribution >= 0.6 is 11.6 Å². The topological polar surface area (TPSA) is 57.5 Å². The lowest BCUT2D eigenvalue weighted by Crippen LogP contribution is -2.01. The molecule has 1 fully saturated rings. The second-order valence-corrected chi connectivity index (χ2v) is 7.56. The second-order valence-electron chi connectivity index (χ2n) is 7.16. The zero-order valence-electron chi connectivity index (χ0n) is 16.0. The first-order valence-electron chi connectivity index (χ1n) is 9.74. The quantitative estimate of drug-likeness (QED) is 0.553. The molecule has 3 rings (SSSR count). The molecule has 1 aliphatic carbocycles. The van der Waals surface area contributed by atoms with Gasteiger partial charge in [-0.15, -0.1) is 0 Å². The molecule has 4 heteroatoms. The van der Waals surface area contributed by atoms with E-state index >= 15 is 0 Å². The maximum atomic E-state index is 11.3. The number of benzene rings is 2. The SMILES string of the molecule is CCC(=Cc1ccc(C(=C2CCCCC2)c2ccc(O)c(Cl)c2)cc1)C(=O)O. The number of carboxylic acids is 1. The summed E-state index contributed by atoms with van der Waals surface area (Å²) < 4.78 is 0. The highest BCUT2D eigenvalue weighted by Crippen LogP contribution is 2.37. The Balaban J connectivity index is 2.04. The number of halogens is 1. The molecule has 0 saturated heterocycles. The van der Waals surface area contributed by atoms with Gasteiger partial charge >= 0.3 is 5.97 Å². The third-order valence-corrected chi connectivity index (χ3v) is 5.55. The first kappa shape index (κ1) is 20.2. The van der Waals surface area contributed by atoms with E-state index in [2.05, 4.69) is 0 Å². The normalized spacial score (nSPS) is 14.8. The molecule has 28 heavy (non-hydrogen) atoms. The lowest BCUT2D eigenvalue weighted by molar-refractivity contribution is -0.132. The number of phenolic OH excluding ortho intramolecular Hbond substituents is 1. The fourth-order valence-corrected chi connectivity index (χ4v) is 3.91. The monoisotopic (exact) mass is 396 g/mol. The van der Waals surface area contributed by atoms with Gasteiger partial charge in [0.2, 0.25) is 0 Å². The third-order valence-electron chi connectivity index (χ3n) is 5.24. The minimum atomic E-state index is -0.879. The number of aliphatic carboxylic acids is 1. The number of rotatable bonds is 5. The average Bonchev–Trinajstić information content (AvgIpc) is 2.70. The van der Waals surface area contributed by atoms with Crippen LogP contribution in [-0.2, 0) is 4.79 Å². The van der Waals surface area contributed by atoms with Crippen molar-refractivity contribution in [2.24, 2.45) is 0 Å². The van der Waals surface area contributed by atoms with Crippen LogP contribution in [-0.4, -0.2) is 16.2 Å². The van der Waals surface area contributed by atoms with Gasteiger partial charge in [0.1, 0.15) is 5.75 Å². The van der Waals surface area contributed by atoms with Crippen LogP contribution < -0.4 is 0 Å². The predicted octanol–water partition coefficient (Wildman–Crippen LogP) is 6.69. The first-order chi connectivity index (χ1) is 13.5. The van der Waals surface area contributed by atoms with E-state index in [9.17, 15) is 15.0 Å². The highest BCUT2D eigenvalue weighted by atomic mass is 35.5. The first-order valence-corrected chi connectivity index (χ1v) is 10.1. The van der Waals surface area contributed by atoms with Crippen molar-refractivity contribution in [1.82, 2.24) is 0 Å². The Morgan fingerprint density at radius 2 is 1.68 bits per heavy atom. The number of allylic oxidation sites excluding steroid dienone is 1. The van der Waals surface area contributed by atoms with Crippen molar-refractivity contribution in [3.8, 4) is 5.75 Å². The van der Waals surface area contributed by atoms with Crippen LogP contribution in [0.15, 0.2) is 53.6 Å². The lowest BCUT2D eigenvalue weighted by atomic mass is 9.85. The fourth-order valence-electron chi connectivity index (χ4n) is 3.73. The van der Waals surface area contributed by atoms with Crippen LogP contribution in [0.25, 0.3) is 11.6 Å². The van der Waals surface area contributed by atoms with Gasteiger partial charge < -0.3 is 10.2 Å². The molecule has 0 radical (unpaired) electrons. The lowest BCUT2D eigenvalue weighted by Gasteiger charge is -2.21. The van der Waals surface area contributed by atoms with Gasteiger partial charge in [0.05, 0.1) is 5.02 Å². The van der Waals surface area contributed by atoms with Crippen molar-refractivity contribution in [2.75, 3.05) is 0 Å². The van der Waals surface area contributed by atoms with E-state index in [1.165, 1.54) is 30.4 Å². The molecule has 1 saturated carbocycles. The van der Waals surface area contributed by atoms with Crippen molar-refractivity contribution in [1.29, 1.82) is 0 Å². The molecule has 2 aromatic carbocycles. The molecule has 0 heterocycles. The maximum absolute atomic E-state index is 11.3. The zero-order chi connectivity index (χ0) is 20.1. The van der Waals surface area contributed by atoms with Gasteiger partial charge in [-0.2, -0.15) is 0 Å². The van der Waals surface area contributed by atoms with Gasteiger partial charge in [0.25, 0.3) is 0 Å². The summed E-state index contributed by atoms with van der Waals surface area (Å²) in [5.41, 5.74) is 5.94. The van der Waals surface area contributed by atoms with Crippen molar-refractivity contribution >= 4 is 29.2 Å². The van der Waals surface area contributed by atoms with Crippen molar-refractivity contribution in [2.45, 2.75) is 45.4 Å². The molecule has 0 bridgehead atoms. The summed E-state index contributed by atoms with van der Waals surface area (Å²) in [5, 5.41) is 19.4. The molecule has 146 valence electrons.